The molecule has 3 nitrogen and oxygen atoms in total. The molecular formula is C39H37ClMgO3. The molecule has 0 aliphatic rings. The molecule has 0 aliphatic carbocycles. The van der Waals surface area contributed by atoms with Gasteiger partial charge in [-0.3, -0.25) is 9.59 Å². The summed E-state index contributed by atoms with van der Waals surface area (Å²) in [4.78, 5) is 23.9. The van der Waals surface area contributed by atoms with Crippen LogP contribution in [0.15, 0.2) is 127 Å². The van der Waals surface area contributed by atoms with Gasteiger partial charge in [0.05, 0.1) is 13.5 Å². The number of ether oxygens (including phenoxy) is 1. The molecule has 0 aromatic heterocycles. The van der Waals surface area contributed by atoms with Crippen molar-refractivity contribution in [1.82, 2.24) is 0 Å². The van der Waals surface area contributed by atoms with E-state index >= 15 is 0 Å². The smallest absolute Gasteiger partial charge is 1.00 e. The molecule has 0 amide bonds. The summed E-state index contributed by atoms with van der Waals surface area (Å²) in [6, 6.07) is 42.8. The first-order valence-electron chi connectivity index (χ1n) is 14.3. The normalized spacial score (nSPS) is 9.89. The van der Waals surface area contributed by atoms with Crippen LogP contribution in [0.1, 0.15) is 30.5 Å². The van der Waals surface area contributed by atoms with Gasteiger partial charge in [-0.15, -0.1) is 0 Å². The van der Waals surface area contributed by atoms with E-state index in [1.54, 1.807) is 0 Å². The summed E-state index contributed by atoms with van der Waals surface area (Å²) < 4.78 is 4.66. The number of hydrogen-bond donors (Lipinski definition) is 0. The quantitative estimate of drug-likeness (QED) is 0.137. The van der Waals surface area contributed by atoms with E-state index < -0.39 is 0 Å². The number of benzene rings is 6. The van der Waals surface area contributed by atoms with E-state index in [-0.39, 0.29) is 47.2 Å². The van der Waals surface area contributed by atoms with Gasteiger partial charge in [0.15, 0.2) is 0 Å². The van der Waals surface area contributed by atoms with Gasteiger partial charge in [0.2, 0.25) is 0 Å². The van der Waals surface area contributed by atoms with Crippen LogP contribution in [0.25, 0.3) is 32.3 Å². The zero-order valence-corrected chi connectivity index (χ0v) is 27.8. The van der Waals surface area contributed by atoms with Crippen LogP contribution in [0.2, 0.25) is 0 Å². The van der Waals surface area contributed by atoms with Gasteiger partial charge in [0.25, 0.3) is 0 Å². The number of methoxy groups -OCH3 is 1. The minimum absolute atomic E-state index is 0. The number of ketones is 1. The van der Waals surface area contributed by atoms with Gasteiger partial charge in [-0.2, -0.15) is 13.8 Å². The number of halogens is 1. The molecule has 0 aliphatic heterocycles. The second-order valence-corrected chi connectivity index (χ2v) is 10.1. The third-order valence-corrected chi connectivity index (χ3v) is 6.98. The molecule has 0 unspecified atom stereocenters. The van der Waals surface area contributed by atoms with Crippen molar-refractivity contribution in [2.45, 2.75) is 33.1 Å². The SMILES string of the molecule is COC(=O)Cc1cccc2ccccc12.C[CH-]C.O=C(Cc1cccc2ccccc12)Cc1cccc2ccccc12.[Cl-].[Mg+2]. The molecule has 220 valence electrons. The first kappa shape index (κ1) is 36.5. The summed E-state index contributed by atoms with van der Waals surface area (Å²) in [6.45, 7) is 4.00. The summed E-state index contributed by atoms with van der Waals surface area (Å²) >= 11 is 0. The summed E-state index contributed by atoms with van der Waals surface area (Å²) in [6.07, 6.45) is 3.28. The van der Waals surface area contributed by atoms with E-state index in [1.807, 2.05) is 99.1 Å². The molecule has 44 heavy (non-hydrogen) atoms. The van der Waals surface area contributed by atoms with Gasteiger partial charge in [0.1, 0.15) is 5.78 Å². The van der Waals surface area contributed by atoms with E-state index in [0.717, 1.165) is 27.5 Å². The second kappa shape index (κ2) is 18.8. The Kier molecular flexibility index (Phi) is 15.6. The van der Waals surface area contributed by atoms with E-state index in [9.17, 15) is 9.59 Å². The third kappa shape index (κ3) is 9.92. The van der Waals surface area contributed by atoms with Crippen molar-refractivity contribution in [2.75, 3.05) is 7.11 Å². The van der Waals surface area contributed by atoms with Crippen molar-refractivity contribution in [1.29, 1.82) is 0 Å². The average Bonchev–Trinajstić information content (AvgIpc) is 3.02. The molecule has 6 rings (SSSR count). The molecule has 0 atom stereocenters. The van der Waals surface area contributed by atoms with Crippen LogP contribution in [-0.2, 0) is 33.6 Å². The zero-order chi connectivity index (χ0) is 29.7. The van der Waals surface area contributed by atoms with Crippen LogP contribution in [0.4, 0.5) is 0 Å². The Balaban J connectivity index is 0.000000293. The molecule has 0 saturated carbocycles. The number of carbonyl (C=O) groups excluding carboxylic acids is 2. The molecule has 0 radical (unpaired) electrons. The fourth-order valence-corrected chi connectivity index (χ4v) is 5.05. The first-order chi connectivity index (χ1) is 20.5. The standard InChI is InChI=1S/C23H18O.C13H12O2.C3H7.ClH.Mg/c24-21(15-19-11-5-9-17-7-1-3-13-22(17)19)16-20-12-6-10-18-8-2-4-14-23(18)20;1-15-13(14)9-11-7-4-6-10-5-2-3-8-12(10)11;1-3-2;;/h1-14H,15-16H2;2-8H,9H2,1H3;3H,1-2H3;1H;/q;;-1;;+2/p-1. The van der Waals surface area contributed by atoms with Gasteiger partial charge < -0.3 is 23.6 Å². The number of carbonyl (C=O) groups is 2. The van der Waals surface area contributed by atoms with Gasteiger partial charge in [-0.05, 0) is 49.0 Å². The fourth-order valence-electron chi connectivity index (χ4n) is 5.05. The topological polar surface area (TPSA) is 43.4 Å². The van der Waals surface area contributed by atoms with Gasteiger partial charge in [0, 0.05) is 12.8 Å². The van der Waals surface area contributed by atoms with Crippen LogP contribution < -0.4 is 12.4 Å². The predicted molar refractivity (Wildman–Crippen MR) is 181 cm³/mol. The second-order valence-electron chi connectivity index (χ2n) is 10.1. The van der Waals surface area contributed by atoms with Gasteiger partial charge in [-0.1, -0.05) is 127 Å². The van der Waals surface area contributed by atoms with Crippen molar-refractivity contribution in [3.63, 3.8) is 0 Å². The van der Waals surface area contributed by atoms with Crippen LogP contribution in [0.5, 0.6) is 0 Å². The van der Waals surface area contributed by atoms with Crippen LogP contribution in [0.3, 0.4) is 0 Å². The van der Waals surface area contributed by atoms with E-state index in [0.29, 0.717) is 19.3 Å². The Labute approximate surface area is 283 Å². The Morgan fingerprint density at radius 2 is 0.818 bits per heavy atom. The molecule has 0 bridgehead atoms. The average molecular weight is 613 g/mol. The largest absolute Gasteiger partial charge is 2.00 e. The number of fused-ring (bicyclic) bond motifs is 3. The third-order valence-electron chi connectivity index (χ3n) is 6.98. The summed E-state index contributed by atoms with van der Waals surface area (Å²) in [5.41, 5.74) is 3.23. The monoisotopic (exact) mass is 612 g/mol. The van der Waals surface area contributed by atoms with Crippen LogP contribution in [0, 0.1) is 6.42 Å². The van der Waals surface area contributed by atoms with E-state index in [2.05, 4.69) is 53.3 Å². The molecule has 5 heteroatoms. The summed E-state index contributed by atoms with van der Waals surface area (Å²) in [7, 11) is 1.41. The minimum Gasteiger partial charge on any atom is -1.00 e. The Hall–Kier alpha value is -3.70. The Morgan fingerprint density at radius 1 is 0.523 bits per heavy atom. The van der Waals surface area contributed by atoms with Crippen LogP contribution >= 0.6 is 0 Å². The number of rotatable bonds is 6. The summed E-state index contributed by atoms with van der Waals surface area (Å²) in [5, 5.41) is 6.99. The predicted octanol–water partition coefficient (Wildman–Crippen LogP) is 5.76. The van der Waals surface area contributed by atoms with E-state index in [1.165, 1.54) is 28.7 Å². The number of hydrogen-bond acceptors (Lipinski definition) is 3. The fraction of sp³-hybridized carbons (Fsp3) is 0.154. The van der Waals surface area contributed by atoms with Crippen molar-refractivity contribution >= 4 is 67.1 Å². The Morgan fingerprint density at radius 3 is 1.16 bits per heavy atom. The maximum Gasteiger partial charge on any atom is 2.00 e. The number of esters is 1. The minimum atomic E-state index is -0.202. The van der Waals surface area contributed by atoms with Crippen LogP contribution in [-0.4, -0.2) is 41.9 Å². The molecule has 0 fully saturated rings. The summed E-state index contributed by atoms with van der Waals surface area (Å²) in [5.74, 6) is 0.0501. The molecule has 6 aromatic carbocycles. The zero-order valence-electron chi connectivity index (χ0n) is 25.6. The van der Waals surface area contributed by atoms with Crippen molar-refractivity contribution in [3.05, 3.63) is 151 Å². The molecule has 0 heterocycles. The number of Topliss-reactive ketones (excluding diaryl/α,β-unsaturated/α-hetero) is 1. The maximum absolute atomic E-state index is 12.7. The molecular weight excluding hydrogens is 576 g/mol. The molecule has 6 aromatic rings. The van der Waals surface area contributed by atoms with Crippen molar-refractivity contribution < 1.29 is 26.7 Å². The van der Waals surface area contributed by atoms with Crippen molar-refractivity contribution in [2.24, 2.45) is 0 Å². The van der Waals surface area contributed by atoms with E-state index in [4.69, 9.17) is 0 Å². The molecule has 0 N–H and O–H groups in total. The molecule has 0 saturated heterocycles. The van der Waals surface area contributed by atoms with Gasteiger partial charge in [-0.25, -0.2) is 0 Å². The molecule has 0 spiro atoms. The first-order valence-corrected chi connectivity index (χ1v) is 14.3. The maximum atomic E-state index is 12.7. The van der Waals surface area contributed by atoms with Gasteiger partial charge >= 0.3 is 29.0 Å². The Bertz CT molecular complexity index is 1700. The van der Waals surface area contributed by atoms with Crippen molar-refractivity contribution in [3.8, 4) is 0 Å².